The van der Waals surface area contributed by atoms with Crippen molar-refractivity contribution in [3.63, 3.8) is 0 Å². The zero-order valence-electron chi connectivity index (χ0n) is 9.94. The lowest BCUT2D eigenvalue weighted by atomic mass is 10.4. The second kappa shape index (κ2) is 8.10. The summed E-state index contributed by atoms with van der Waals surface area (Å²) in [6, 6.07) is 1.87. The van der Waals surface area contributed by atoms with Gasteiger partial charge in [0.05, 0.1) is 0 Å². The Balaban J connectivity index is 2.28. The molecule has 96 valence electrons. The molecule has 1 aromatic heterocycles. The minimum absolute atomic E-state index is 0.261. The lowest BCUT2D eigenvalue weighted by molar-refractivity contribution is 0.296. The predicted octanol–water partition coefficient (Wildman–Crippen LogP) is 0.598. The fourth-order valence-corrected chi connectivity index (χ4v) is 2.03. The normalized spacial score (nSPS) is 10.3. The minimum Gasteiger partial charge on any atom is -0.396 e. The van der Waals surface area contributed by atoms with Crippen molar-refractivity contribution < 1.29 is 5.11 Å². The van der Waals surface area contributed by atoms with Gasteiger partial charge in [-0.15, -0.1) is 0 Å². The lowest BCUT2D eigenvalue weighted by Crippen LogP contribution is -2.13. The number of nitrogens with one attached hydrogen (secondary N) is 2. The molecule has 0 spiro atoms. The van der Waals surface area contributed by atoms with Gasteiger partial charge in [-0.2, -0.15) is 16.7 Å². The highest BCUT2D eigenvalue weighted by molar-refractivity contribution is 7.99. The van der Waals surface area contributed by atoms with Crippen LogP contribution in [0.3, 0.4) is 0 Å². The molecule has 0 radical (unpaired) electrons. The third kappa shape index (κ3) is 5.71. The van der Waals surface area contributed by atoms with Gasteiger partial charge in [0, 0.05) is 30.7 Å². The van der Waals surface area contributed by atoms with Crippen LogP contribution in [0, 0.1) is 6.92 Å². The van der Waals surface area contributed by atoms with E-state index in [0.717, 1.165) is 36.0 Å². The molecule has 1 heterocycles. The fourth-order valence-electron chi connectivity index (χ4n) is 1.24. The molecular formula is C10H19N5OS. The summed E-state index contributed by atoms with van der Waals surface area (Å²) >= 11 is 1.81. The molecule has 0 aliphatic rings. The first kappa shape index (κ1) is 14.0. The van der Waals surface area contributed by atoms with Crippen molar-refractivity contribution >= 4 is 23.5 Å². The predicted molar refractivity (Wildman–Crippen MR) is 72.1 cm³/mol. The molecule has 1 rings (SSSR count). The van der Waals surface area contributed by atoms with E-state index < -0.39 is 0 Å². The Morgan fingerprint density at radius 3 is 2.94 bits per heavy atom. The van der Waals surface area contributed by atoms with E-state index in [0.29, 0.717) is 5.95 Å². The maximum Gasteiger partial charge on any atom is 0.239 e. The molecule has 7 heteroatoms. The monoisotopic (exact) mass is 257 g/mol. The molecule has 1 aromatic rings. The van der Waals surface area contributed by atoms with Gasteiger partial charge in [0.2, 0.25) is 5.95 Å². The number of aliphatic hydroxyl groups excluding tert-OH is 1. The van der Waals surface area contributed by atoms with Crippen LogP contribution >= 0.6 is 11.8 Å². The maximum absolute atomic E-state index is 8.62. The number of aromatic nitrogens is 2. The summed E-state index contributed by atoms with van der Waals surface area (Å²) < 4.78 is 0. The molecule has 0 aromatic carbocycles. The number of thioether (sulfide) groups is 1. The number of anilines is 2. The highest BCUT2D eigenvalue weighted by Gasteiger charge is 1.99. The van der Waals surface area contributed by atoms with Crippen molar-refractivity contribution in [2.75, 3.05) is 35.4 Å². The second-order valence-corrected chi connectivity index (χ2v) is 4.70. The average Bonchev–Trinajstić information content (AvgIpc) is 2.33. The molecular weight excluding hydrogens is 238 g/mol. The number of rotatable bonds is 8. The smallest absolute Gasteiger partial charge is 0.239 e. The molecule has 5 N–H and O–H groups in total. The van der Waals surface area contributed by atoms with Gasteiger partial charge in [0.1, 0.15) is 5.82 Å². The first-order valence-electron chi connectivity index (χ1n) is 5.51. The van der Waals surface area contributed by atoms with Crippen molar-refractivity contribution in [3.8, 4) is 0 Å². The van der Waals surface area contributed by atoms with E-state index in [2.05, 4.69) is 20.7 Å². The summed E-state index contributed by atoms with van der Waals surface area (Å²) in [5, 5.41) is 11.8. The van der Waals surface area contributed by atoms with E-state index in [9.17, 15) is 0 Å². The van der Waals surface area contributed by atoms with Crippen molar-refractivity contribution in [2.24, 2.45) is 5.84 Å². The zero-order valence-corrected chi connectivity index (χ0v) is 10.8. The molecule has 0 atom stereocenters. The molecule has 0 aliphatic heterocycles. The van der Waals surface area contributed by atoms with Crippen molar-refractivity contribution in [1.29, 1.82) is 0 Å². The van der Waals surface area contributed by atoms with Crippen LogP contribution in [0.25, 0.3) is 0 Å². The van der Waals surface area contributed by atoms with Gasteiger partial charge in [0.25, 0.3) is 0 Å². The standard InChI is InChI=1S/C10H19N5OS/c1-8-7-9(14-10(13-8)15-11)12-3-6-17-5-2-4-16/h7,16H,2-6,11H2,1H3,(H2,12,13,14,15). The molecule has 0 amide bonds. The summed E-state index contributed by atoms with van der Waals surface area (Å²) in [4.78, 5) is 8.28. The topological polar surface area (TPSA) is 96.1 Å². The number of nitrogens with two attached hydrogens (primary N) is 1. The molecule has 0 fully saturated rings. The Bertz CT molecular complexity index is 336. The van der Waals surface area contributed by atoms with Crippen LogP contribution in [0.4, 0.5) is 11.8 Å². The number of hydrogen-bond acceptors (Lipinski definition) is 7. The van der Waals surface area contributed by atoms with Crippen LogP contribution in [0.2, 0.25) is 0 Å². The van der Waals surface area contributed by atoms with Crippen LogP contribution in [-0.2, 0) is 0 Å². The van der Waals surface area contributed by atoms with E-state index in [1.165, 1.54) is 0 Å². The van der Waals surface area contributed by atoms with Crippen LogP contribution in [0.1, 0.15) is 12.1 Å². The first-order valence-corrected chi connectivity index (χ1v) is 6.66. The lowest BCUT2D eigenvalue weighted by Gasteiger charge is -2.07. The van der Waals surface area contributed by atoms with Gasteiger partial charge in [0.15, 0.2) is 0 Å². The minimum atomic E-state index is 0.261. The number of nitrogen functional groups attached to an aromatic ring is 1. The van der Waals surface area contributed by atoms with Crippen LogP contribution < -0.4 is 16.6 Å². The highest BCUT2D eigenvalue weighted by atomic mass is 32.2. The molecule has 0 aliphatic carbocycles. The highest BCUT2D eigenvalue weighted by Crippen LogP contribution is 2.09. The Morgan fingerprint density at radius 2 is 2.24 bits per heavy atom. The summed E-state index contributed by atoms with van der Waals surface area (Å²) in [5.74, 6) is 8.42. The number of aliphatic hydroxyl groups is 1. The number of hydrazine groups is 1. The Hall–Kier alpha value is -1.05. The van der Waals surface area contributed by atoms with Gasteiger partial charge in [-0.25, -0.2) is 10.8 Å². The zero-order chi connectivity index (χ0) is 12.5. The quantitative estimate of drug-likeness (QED) is 0.307. The Morgan fingerprint density at radius 1 is 1.41 bits per heavy atom. The summed E-state index contributed by atoms with van der Waals surface area (Å²) in [6.45, 7) is 2.98. The Kier molecular flexibility index (Phi) is 6.68. The number of nitrogens with zero attached hydrogens (tertiary/aromatic N) is 2. The third-order valence-electron chi connectivity index (χ3n) is 1.98. The average molecular weight is 257 g/mol. The van der Waals surface area contributed by atoms with Crippen molar-refractivity contribution in [3.05, 3.63) is 11.8 Å². The summed E-state index contributed by atoms with van der Waals surface area (Å²) in [5.41, 5.74) is 3.30. The molecule has 6 nitrogen and oxygen atoms in total. The van der Waals surface area contributed by atoms with Gasteiger partial charge in [-0.3, -0.25) is 5.43 Å². The second-order valence-electron chi connectivity index (χ2n) is 3.48. The SMILES string of the molecule is Cc1cc(NCCSCCCO)nc(NN)n1. The number of hydrogen-bond donors (Lipinski definition) is 4. The first-order chi connectivity index (χ1) is 8.26. The van der Waals surface area contributed by atoms with E-state index in [-0.39, 0.29) is 6.61 Å². The van der Waals surface area contributed by atoms with Crippen LogP contribution in [-0.4, -0.2) is 39.7 Å². The van der Waals surface area contributed by atoms with Crippen molar-refractivity contribution in [2.45, 2.75) is 13.3 Å². The number of aryl methyl sites for hydroxylation is 1. The molecule has 0 saturated carbocycles. The summed E-state index contributed by atoms with van der Waals surface area (Å²) in [6.07, 6.45) is 0.846. The van der Waals surface area contributed by atoms with E-state index in [1.54, 1.807) is 11.8 Å². The summed E-state index contributed by atoms with van der Waals surface area (Å²) in [7, 11) is 0. The molecule has 0 saturated heterocycles. The molecule has 0 unspecified atom stereocenters. The van der Waals surface area contributed by atoms with Crippen LogP contribution in [0.5, 0.6) is 0 Å². The van der Waals surface area contributed by atoms with E-state index >= 15 is 0 Å². The molecule has 17 heavy (non-hydrogen) atoms. The van der Waals surface area contributed by atoms with Crippen molar-refractivity contribution in [1.82, 2.24) is 9.97 Å². The van der Waals surface area contributed by atoms with E-state index in [1.807, 2.05) is 13.0 Å². The largest absolute Gasteiger partial charge is 0.396 e. The van der Waals surface area contributed by atoms with E-state index in [4.69, 9.17) is 10.9 Å². The van der Waals surface area contributed by atoms with Gasteiger partial charge < -0.3 is 10.4 Å². The molecule has 0 bridgehead atoms. The Labute approximate surface area is 105 Å². The fraction of sp³-hybridized carbons (Fsp3) is 0.600. The maximum atomic E-state index is 8.62. The van der Waals surface area contributed by atoms with Gasteiger partial charge in [-0.1, -0.05) is 0 Å². The van der Waals surface area contributed by atoms with Gasteiger partial charge in [-0.05, 0) is 19.1 Å². The van der Waals surface area contributed by atoms with Crippen LogP contribution in [0.15, 0.2) is 6.07 Å². The third-order valence-corrected chi connectivity index (χ3v) is 3.05. The van der Waals surface area contributed by atoms with Gasteiger partial charge >= 0.3 is 0 Å².